The van der Waals surface area contributed by atoms with Crippen LogP contribution < -0.4 is 2.89 Å². The fraction of sp³-hybridized carbons (Fsp3) is 0.514. The minimum absolute atomic E-state index is 0.000348. The van der Waals surface area contributed by atoms with Gasteiger partial charge in [0.1, 0.15) is 0 Å². The van der Waals surface area contributed by atoms with Crippen LogP contribution in [0, 0.1) is 44.4 Å². The van der Waals surface area contributed by atoms with Gasteiger partial charge in [-0.25, -0.2) is 0 Å². The second-order valence-electron chi connectivity index (χ2n) is 26.1. The van der Waals surface area contributed by atoms with E-state index in [0.717, 1.165) is 153 Å². The molecular formula is C74H98Br2N4O4S6Sn. The van der Waals surface area contributed by atoms with Gasteiger partial charge in [-0.3, -0.25) is 19.2 Å². The predicted molar refractivity (Wildman–Crippen MR) is 405 cm³/mol. The van der Waals surface area contributed by atoms with E-state index < -0.39 is 18.4 Å². The molecule has 0 radical (unpaired) electrons. The molecule has 6 aromatic rings. The molecule has 0 saturated carbocycles. The van der Waals surface area contributed by atoms with Gasteiger partial charge in [0, 0.05) is 45.7 Å². The summed E-state index contributed by atoms with van der Waals surface area (Å²) in [5, 5.41) is 0. The van der Waals surface area contributed by atoms with Crippen molar-refractivity contribution < 1.29 is 19.2 Å². The third-order valence-corrected chi connectivity index (χ3v) is 35.2. The number of amides is 4. The average Bonchev–Trinajstić information content (AvgIpc) is 1.56. The third-order valence-electron chi connectivity index (χ3n) is 18.2. The molecule has 0 saturated heterocycles. The Morgan fingerprint density at radius 3 is 0.868 bits per heavy atom. The zero-order valence-corrected chi connectivity index (χ0v) is 67.4. The summed E-state index contributed by atoms with van der Waals surface area (Å²) in [6, 6.07) is 25.5. The number of fused-ring (bicyclic) bond motifs is 2. The number of carbonyl (C=O) groups is 4. The molecule has 8 nitrogen and oxygen atoms in total. The summed E-state index contributed by atoms with van der Waals surface area (Å²) in [5.41, 5.74) is 5.72. The first-order chi connectivity index (χ1) is 43.6. The number of carbonyl (C=O) groups excluding carboxylic acids is 4. The van der Waals surface area contributed by atoms with Crippen LogP contribution in [0.25, 0.3) is 32.5 Å². The van der Waals surface area contributed by atoms with Gasteiger partial charge in [0.25, 0.3) is 23.6 Å². The number of hydrogen-bond donors (Lipinski definition) is 0. The predicted octanol–water partition coefficient (Wildman–Crippen LogP) is 22.6. The molecule has 4 unspecified atom stereocenters. The second-order valence-corrected chi connectivity index (χ2v) is 51.4. The van der Waals surface area contributed by atoms with E-state index in [1.807, 2.05) is 55.2 Å². The zero-order chi connectivity index (χ0) is 65.8. The minimum atomic E-state index is -1.67. The molecule has 0 aliphatic carbocycles. The molecule has 10 rings (SSSR count). The Morgan fingerprint density at radius 2 is 0.615 bits per heavy atom. The van der Waals surface area contributed by atoms with E-state index in [9.17, 15) is 19.2 Å². The Morgan fingerprint density at radius 1 is 0.352 bits per heavy atom. The third kappa shape index (κ3) is 17.5. The van der Waals surface area contributed by atoms with Gasteiger partial charge in [-0.2, -0.15) is 0 Å². The van der Waals surface area contributed by atoms with Crippen LogP contribution >= 0.6 is 99.9 Å². The van der Waals surface area contributed by atoms with Crippen molar-refractivity contribution in [1.29, 1.82) is 0 Å². The fourth-order valence-corrected chi connectivity index (χ4v) is 25.1. The molecule has 0 aromatic carbocycles. The van der Waals surface area contributed by atoms with E-state index in [2.05, 4.69) is 171 Å². The fourth-order valence-electron chi connectivity index (χ4n) is 12.7. The quantitative estimate of drug-likeness (QED) is 0.0421. The van der Waals surface area contributed by atoms with Crippen molar-refractivity contribution in [1.82, 2.24) is 19.6 Å². The molecule has 0 fully saturated rings. The maximum atomic E-state index is 14.6. The molecule has 0 N–H and O–H groups in total. The number of unbranched alkanes of at least 4 members (excludes halogenated alkanes) is 4. The molecule has 10 heterocycles. The van der Waals surface area contributed by atoms with E-state index in [-0.39, 0.29) is 23.6 Å². The van der Waals surface area contributed by atoms with Crippen molar-refractivity contribution >= 4 is 168 Å². The Balaban J connectivity index is 0.000000204. The molecule has 17 heteroatoms. The van der Waals surface area contributed by atoms with E-state index in [4.69, 9.17) is 0 Å². The molecule has 91 heavy (non-hydrogen) atoms. The molecule has 492 valence electrons. The Labute approximate surface area is 590 Å². The first kappa shape index (κ1) is 73.6. The second kappa shape index (κ2) is 34.1. The first-order valence-electron chi connectivity index (χ1n) is 33.7. The van der Waals surface area contributed by atoms with Crippen LogP contribution in [0.5, 0.6) is 0 Å². The van der Waals surface area contributed by atoms with E-state index in [1.165, 1.54) is 24.4 Å². The van der Waals surface area contributed by atoms with E-state index in [0.29, 0.717) is 72.1 Å². The summed E-state index contributed by atoms with van der Waals surface area (Å²) in [6.45, 7) is 26.8. The number of halogens is 2. The van der Waals surface area contributed by atoms with Crippen molar-refractivity contribution in [2.45, 2.75) is 194 Å². The SMILES string of the molecule is CCCCC(CC)CN1C(=O)C2=C(c3ccc(-c4ccc(C)s4)s3)N(CC(CC)CCCC)C(=O)C2=C1c1ccc(C)s1.CCCCC(CC)CN1C(=O)C2=C(c3ccc(Br)s3)N(CC(CC)CCCC)C(=O)C2=C1c1ccc(Br)s1.Cc1cc[c]([Sn]([CH3])([CH3])[CH3])s1. The number of rotatable bonds is 30. The summed E-state index contributed by atoms with van der Waals surface area (Å²) >= 11 is 15.9. The van der Waals surface area contributed by atoms with Crippen LogP contribution in [0.3, 0.4) is 0 Å². The monoisotopic (exact) mass is 1580 g/mol. The van der Waals surface area contributed by atoms with E-state index >= 15 is 0 Å². The van der Waals surface area contributed by atoms with Gasteiger partial charge >= 0.3 is 71.4 Å². The van der Waals surface area contributed by atoms with Crippen molar-refractivity contribution in [3.63, 3.8) is 0 Å². The van der Waals surface area contributed by atoms with Crippen LogP contribution in [0.1, 0.15) is 192 Å². The van der Waals surface area contributed by atoms with Crippen LogP contribution in [0.15, 0.2) is 103 Å². The molecule has 0 bridgehead atoms. The molecule has 4 atom stereocenters. The summed E-state index contributed by atoms with van der Waals surface area (Å²) in [5.74, 6) is 1.57. The standard InChI is InChI=1S/C36H46N2O2S3.C30H38Br2N2O2S2.C5H5S.3CH3.Sn/c1-7-11-13-25(9-3)21-37-33(29-18-16-24(6)42-29)31-32(36(37)40)34(38(35(31)39)22-26(10-4)14-12-8-2)30-20-19-28(43-30)27-17-15-23(5)41-27;1-5-9-11-19(7-3)17-33-27(21-13-15-23(31)37-21)25-26(29(33)35)28(22-14-16-24(32)38-22)34(30(25)36)18-20(8-4)12-10-6-2;1-5-3-2-4-6-5;;;;/h15-20,25-26H,7-14,21-22H2,1-6H3;13-16,19-20H,5-12,17-18H2,1-4H3;2-3H,1H3;3*1H3;. The summed E-state index contributed by atoms with van der Waals surface area (Å²) in [4.78, 5) is 83.5. The normalized spacial score (nSPS) is 16.4. The molecule has 4 aliphatic heterocycles. The van der Waals surface area contributed by atoms with Crippen molar-refractivity contribution in [3.05, 3.63) is 137 Å². The van der Waals surface area contributed by atoms with Gasteiger partial charge in [0.05, 0.1) is 72.2 Å². The number of aryl methyl sites for hydroxylation is 3. The van der Waals surface area contributed by atoms with Crippen LogP contribution in [0.2, 0.25) is 14.8 Å². The van der Waals surface area contributed by atoms with Crippen LogP contribution in [-0.4, -0.2) is 87.8 Å². The maximum absolute atomic E-state index is 14.6. The van der Waals surface area contributed by atoms with Crippen LogP contribution in [-0.2, 0) is 19.2 Å². The first-order valence-corrected chi connectivity index (χ1v) is 50.2. The van der Waals surface area contributed by atoms with Gasteiger partial charge in [-0.05, 0) is 156 Å². The molecular weight excluding hydrogens is 1480 g/mol. The van der Waals surface area contributed by atoms with Crippen molar-refractivity contribution in [3.8, 4) is 9.75 Å². The Hall–Kier alpha value is -3.20. The summed E-state index contributed by atoms with van der Waals surface area (Å²) < 4.78 is 3.68. The van der Waals surface area contributed by atoms with Crippen molar-refractivity contribution in [2.24, 2.45) is 23.7 Å². The van der Waals surface area contributed by atoms with Crippen molar-refractivity contribution in [2.75, 3.05) is 26.2 Å². The topological polar surface area (TPSA) is 81.2 Å². The summed E-state index contributed by atoms with van der Waals surface area (Å²) in [7, 11) is 0. The van der Waals surface area contributed by atoms with Gasteiger partial charge in [0.15, 0.2) is 0 Å². The average molecular weight is 1580 g/mol. The number of nitrogens with zero attached hydrogens (tertiary/aromatic N) is 4. The van der Waals surface area contributed by atoms with Gasteiger partial charge < -0.3 is 19.6 Å². The van der Waals surface area contributed by atoms with Gasteiger partial charge in [-0.15, -0.1) is 56.7 Å². The van der Waals surface area contributed by atoms with Gasteiger partial charge in [0.2, 0.25) is 0 Å². The summed E-state index contributed by atoms with van der Waals surface area (Å²) in [6.07, 6.45) is 17.6. The Kier molecular flexibility index (Phi) is 27.6. The molecule has 0 spiro atoms. The van der Waals surface area contributed by atoms with E-state index in [1.54, 1.807) is 59.6 Å². The molecule has 6 aromatic heterocycles. The molecule has 4 amide bonds. The Bertz CT molecular complexity index is 3520. The number of thiophene rings is 6. The zero-order valence-electron chi connectivity index (χ0n) is 56.5. The number of hydrogen-bond acceptors (Lipinski definition) is 10. The molecule has 4 aliphatic rings. The van der Waals surface area contributed by atoms with Gasteiger partial charge in [-0.1, -0.05) is 132 Å². The van der Waals surface area contributed by atoms with Crippen LogP contribution in [0.4, 0.5) is 0 Å².